The van der Waals surface area contributed by atoms with Crippen molar-refractivity contribution in [3.8, 4) is 0 Å². The molecule has 0 rings (SSSR count). The molecular weight excluding hydrogens is 592 g/mol. The molecule has 0 saturated carbocycles. The molecule has 0 saturated heterocycles. The van der Waals surface area contributed by atoms with Crippen LogP contribution in [0.2, 0.25) is 0 Å². The lowest BCUT2D eigenvalue weighted by atomic mass is 10.2. The summed E-state index contributed by atoms with van der Waals surface area (Å²) in [4.78, 5) is 0. The van der Waals surface area contributed by atoms with Crippen LogP contribution in [0.3, 0.4) is 0 Å². The Labute approximate surface area is 124 Å². The molecule has 0 aromatic heterocycles. The van der Waals surface area contributed by atoms with E-state index < -0.39 is 0 Å². The highest BCUT2D eigenvalue weighted by molar-refractivity contribution is 14.2. The second-order valence-electron chi connectivity index (χ2n) is 2.42. The molecule has 0 heterocycles. The summed E-state index contributed by atoms with van der Waals surface area (Å²) < 4.78 is 1.67. The van der Waals surface area contributed by atoms with Gasteiger partial charge < -0.3 is 0 Å². The first-order valence-corrected chi connectivity index (χ1v) is 8.67. The highest BCUT2D eigenvalue weighted by Crippen LogP contribution is 2.21. The molecule has 0 N–H and O–H groups in total. The van der Waals surface area contributed by atoms with Gasteiger partial charge in [-0.3, -0.25) is 0 Å². The SMILES string of the molecule is IC(I)CCCCCC(I)I. The van der Waals surface area contributed by atoms with E-state index in [4.69, 9.17) is 0 Å². The van der Waals surface area contributed by atoms with E-state index in [-0.39, 0.29) is 0 Å². The summed E-state index contributed by atoms with van der Waals surface area (Å²) in [6, 6.07) is 0. The molecule has 0 nitrogen and oxygen atoms in total. The Balaban J connectivity index is 2.91. The van der Waals surface area contributed by atoms with Gasteiger partial charge >= 0.3 is 0 Å². The molecule has 4 heteroatoms. The maximum atomic E-state index is 2.49. The van der Waals surface area contributed by atoms with E-state index in [2.05, 4.69) is 90.4 Å². The Morgan fingerprint density at radius 2 is 1.00 bits per heavy atom. The number of halogens is 4. The first kappa shape index (κ1) is 13.9. The number of hydrogen-bond acceptors (Lipinski definition) is 0. The van der Waals surface area contributed by atoms with Gasteiger partial charge in [-0.1, -0.05) is 110 Å². The number of unbranched alkanes of at least 4 members (excludes halogenated alkanes) is 2. The van der Waals surface area contributed by atoms with E-state index in [0.717, 1.165) is 3.86 Å². The number of rotatable bonds is 6. The molecule has 0 aliphatic rings. The molecule has 0 unspecified atom stereocenters. The van der Waals surface area contributed by atoms with Crippen LogP contribution in [0.15, 0.2) is 0 Å². The van der Waals surface area contributed by atoms with Gasteiger partial charge in [-0.2, -0.15) is 0 Å². The van der Waals surface area contributed by atoms with Crippen molar-refractivity contribution in [3.05, 3.63) is 0 Å². The summed E-state index contributed by atoms with van der Waals surface area (Å²) in [6.07, 6.45) is 7.01. The quantitative estimate of drug-likeness (QED) is 0.219. The van der Waals surface area contributed by atoms with Crippen LogP contribution < -0.4 is 0 Å². The highest BCUT2D eigenvalue weighted by Gasteiger charge is 1.99. The molecule has 0 aromatic carbocycles. The lowest BCUT2D eigenvalue weighted by molar-refractivity contribution is 0.662. The summed E-state index contributed by atoms with van der Waals surface area (Å²) in [5, 5.41) is 0. The predicted octanol–water partition coefficient (Wildman–Crippen LogP) is 5.33. The zero-order chi connectivity index (χ0) is 8.69. The number of hydrogen-bond donors (Lipinski definition) is 0. The molecule has 0 spiro atoms. The Morgan fingerprint density at radius 1 is 0.636 bits per heavy atom. The number of alkyl halides is 4. The van der Waals surface area contributed by atoms with Gasteiger partial charge in [0.05, 0.1) is 3.86 Å². The molecule has 0 fully saturated rings. The Morgan fingerprint density at radius 3 is 1.27 bits per heavy atom. The third kappa shape index (κ3) is 12.9. The smallest absolute Gasteiger partial charge is 0.0626 e. The van der Waals surface area contributed by atoms with Crippen molar-refractivity contribution in [1.82, 2.24) is 0 Å². The van der Waals surface area contributed by atoms with Gasteiger partial charge in [0, 0.05) is 0 Å². The molecule has 0 bridgehead atoms. The first-order chi connectivity index (χ1) is 5.13. The fraction of sp³-hybridized carbons (Fsp3) is 1.00. The lowest BCUT2D eigenvalue weighted by Crippen LogP contribution is -1.88. The maximum Gasteiger partial charge on any atom is 0.0626 e. The van der Waals surface area contributed by atoms with E-state index in [1.54, 1.807) is 0 Å². The third-order valence-corrected chi connectivity index (χ3v) is 3.84. The summed E-state index contributed by atoms with van der Waals surface area (Å²) in [5.74, 6) is 0. The van der Waals surface area contributed by atoms with Gasteiger partial charge in [-0.25, -0.2) is 0 Å². The highest BCUT2D eigenvalue weighted by atomic mass is 127. The molecular formula is C7H12I4. The third-order valence-electron chi connectivity index (χ3n) is 1.34. The molecule has 0 atom stereocenters. The summed E-state index contributed by atoms with van der Waals surface area (Å²) in [7, 11) is 0. The fourth-order valence-electron chi connectivity index (χ4n) is 0.774. The Bertz CT molecular complexity index is 72.5. The molecule has 0 aromatic rings. The van der Waals surface area contributed by atoms with Gasteiger partial charge in [-0.15, -0.1) is 0 Å². The molecule has 0 aliphatic heterocycles. The monoisotopic (exact) mass is 604 g/mol. The molecule has 0 aliphatic carbocycles. The van der Waals surface area contributed by atoms with Crippen molar-refractivity contribution in [2.45, 2.75) is 36.0 Å². The van der Waals surface area contributed by atoms with E-state index in [1.807, 2.05) is 0 Å². The maximum absolute atomic E-state index is 2.49. The minimum Gasteiger partial charge on any atom is -0.0710 e. The zero-order valence-corrected chi connectivity index (χ0v) is 14.8. The Kier molecular flexibility index (Phi) is 12.0. The molecule has 11 heavy (non-hydrogen) atoms. The van der Waals surface area contributed by atoms with Crippen molar-refractivity contribution in [2.75, 3.05) is 0 Å². The minimum atomic E-state index is 0.834. The van der Waals surface area contributed by atoms with Gasteiger partial charge in [-0.05, 0) is 12.8 Å². The van der Waals surface area contributed by atoms with E-state index in [0.29, 0.717) is 0 Å². The van der Waals surface area contributed by atoms with Crippen LogP contribution >= 0.6 is 90.4 Å². The van der Waals surface area contributed by atoms with Crippen LogP contribution in [-0.4, -0.2) is 3.86 Å². The topological polar surface area (TPSA) is 0 Å². The minimum absolute atomic E-state index is 0.834. The van der Waals surface area contributed by atoms with Crippen molar-refractivity contribution in [2.24, 2.45) is 0 Å². The van der Waals surface area contributed by atoms with E-state index in [9.17, 15) is 0 Å². The summed E-state index contributed by atoms with van der Waals surface area (Å²) >= 11 is 9.97. The average Bonchev–Trinajstić information content (AvgIpc) is 1.85. The van der Waals surface area contributed by atoms with Gasteiger partial charge in [0.2, 0.25) is 0 Å². The van der Waals surface area contributed by atoms with Crippen molar-refractivity contribution in [3.63, 3.8) is 0 Å². The van der Waals surface area contributed by atoms with Crippen LogP contribution in [-0.2, 0) is 0 Å². The summed E-state index contributed by atoms with van der Waals surface area (Å²) in [6.45, 7) is 0. The van der Waals surface area contributed by atoms with Crippen LogP contribution in [0.25, 0.3) is 0 Å². The summed E-state index contributed by atoms with van der Waals surface area (Å²) in [5.41, 5.74) is 0. The molecule has 0 radical (unpaired) electrons. The zero-order valence-electron chi connectivity index (χ0n) is 6.20. The van der Waals surface area contributed by atoms with Crippen LogP contribution in [0.1, 0.15) is 32.1 Å². The fourth-order valence-corrected chi connectivity index (χ4v) is 2.54. The molecule has 0 amide bonds. The second kappa shape index (κ2) is 9.47. The largest absolute Gasteiger partial charge is 0.0710 e. The average molecular weight is 604 g/mol. The van der Waals surface area contributed by atoms with Crippen LogP contribution in [0.5, 0.6) is 0 Å². The van der Waals surface area contributed by atoms with E-state index in [1.165, 1.54) is 32.1 Å². The normalized spacial score (nSPS) is 11.5. The first-order valence-electron chi connectivity index (χ1n) is 3.69. The van der Waals surface area contributed by atoms with Crippen LogP contribution in [0, 0.1) is 0 Å². The standard InChI is InChI=1S/C7H12I4/c8-6(9)4-2-1-3-5-7(10)11/h6-7H,1-5H2. The Hall–Kier alpha value is 2.92. The molecule has 68 valence electrons. The van der Waals surface area contributed by atoms with Gasteiger partial charge in [0.15, 0.2) is 0 Å². The van der Waals surface area contributed by atoms with Gasteiger partial charge in [0.1, 0.15) is 0 Å². The second-order valence-corrected chi connectivity index (χ2v) is 13.2. The predicted molar refractivity (Wildman–Crippen MR) is 86.7 cm³/mol. The van der Waals surface area contributed by atoms with Crippen molar-refractivity contribution in [1.29, 1.82) is 0 Å². The van der Waals surface area contributed by atoms with Crippen LogP contribution in [0.4, 0.5) is 0 Å². The van der Waals surface area contributed by atoms with Gasteiger partial charge in [0.25, 0.3) is 0 Å². The lowest BCUT2D eigenvalue weighted by Gasteiger charge is -2.02. The van der Waals surface area contributed by atoms with Crippen molar-refractivity contribution < 1.29 is 0 Å². The van der Waals surface area contributed by atoms with E-state index >= 15 is 0 Å². The van der Waals surface area contributed by atoms with Crippen molar-refractivity contribution >= 4 is 90.4 Å².